The molecule has 0 aliphatic carbocycles. The highest BCUT2D eigenvalue weighted by molar-refractivity contribution is 6.31. The van der Waals surface area contributed by atoms with Crippen LogP contribution in [0.5, 0.6) is 0 Å². The molecule has 7 nitrogen and oxygen atoms in total. The summed E-state index contributed by atoms with van der Waals surface area (Å²) in [6.45, 7) is 9.85. The number of methoxy groups -OCH3 is 1. The molecule has 1 unspecified atom stereocenters. The number of nitrogens with one attached hydrogen (secondary N) is 2. The number of amides is 1. The number of halogens is 3. The van der Waals surface area contributed by atoms with E-state index in [1.54, 1.807) is 49.6 Å². The summed E-state index contributed by atoms with van der Waals surface area (Å²) in [5.74, 6) is -1.96. The molecule has 1 saturated heterocycles. The lowest BCUT2D eigenvalue weighted by Gasteiger charge is -2.30. The number of hydrogen-bond acceptors (Lipinski definition) is 5. The second-order valence-electron chi connectivity index (χ2n) is 9.58. The van der Waals surface area contributed by atoms with Gasteiger partial charge in [0.1, 0.15) is 11.4 Å². The molecule has 1 aliphatic heterocycles. The van der Waals surface area contributed by atoms with Gasteiger partial charge in [0, 0.05) is 34.2 Å². The molecule has 0 radical (unpaired) electrons. The number of aryl methyl sites for hydroxylation is 1. The van der Waals surface area contributed by atoms with E-state index in [-0.39, 0.29) is 17.0 Å². The average molecular weight is 602 g/mol. The maximum absolute atomic E-state index is 15.5. The number of imidazole rings is 1. The van der Waals surface area contributed by atoms with Crippen LogP contribution in [0.3, 0.4) is 0 Å². The molecule has 1 fully saturated rings. The zero-order valence-corrected chi connectivity index (χ0v) is 25.1. The molecule has 218 valence electrons. The summed E-state index contributed by atoms with van der Waals surface area (Å²) < 4.78 is 22.2. The van der Waals surface area contributed by atoms with Gasteiger partial charge in [-0.1, -0.05) is 55.8 Å². The van der Waals surface area contributed by atoms with Crippen molar-refractivity contribution in [1.29, 1.82) is 0 Å². The monoisotopic (exact) mass is 600 g/mol. The van der Waals surface area contributed by atoms with Gasteiger partial charge in [0.15, 0.2) is 0 Å². The quantitative estimate of drug-likeness (QED) is 0.197. The Hall–Kier alpha value is -3.46. The van der Waals surface area contributed by atoms with Crippen LogP contribution in [-0.4, -0.2) is 40.1 Å². The summed E-state index contributed by atoms with van der Waals surface area (Å²) >= 11 is 11.8. The van der Waals surface area contributed by atoms with E-state index in [0.29, 0.717) is 41.2 Å². The van der Waals surface area contributed by atoms with E-state index in [4.69, 9.17) is 27.9 Å². The van der Waals surface area contributed by atoms with Crippen molar-refractivity contribution in [2.45, 2.75) is 51.7 Å². The molecule has 3 aromatic rings. The maximum atomic E-state index is 15.5. The Morgan fingerprint density at radius 3 is 2.73 bits per heavy atom. The van der Waals surface area contributed by atoms with Crippen molar-refractivity contribution >= 4 is 51.8 Å². The highest BCUT2D eigenvalue weighted by Gasteiger charge is 2.50. The minimum Gasteiger partial charge on any atom is -0.465 e. The summed E-state index contributed by atoms with van der Waals surface area (Å²) in [6.07, 6.45) is 7.00. The van der Waals surface area contributed by atoms with Gasteiger partial charge in [-0.2, -0.15) is 0 Å². The van der Waals surface area contributed by atoms with Crippen LogP contribution in [0.15, 0.2) is 84.5 Å². The Kier molecular flexibility index (Phi) is 11.3. The van der Waals surface area contributed by atoms with Crippen LogP contribution in [0.4, 0.5) is 10.1 Å². The van der Waals surface area contributed by atoms with E-state index in [9.17, 15) is 9.59 Å². The van der Waals surface area contributed by atoms with Gasteiger partial charge in [0.2, 0.25) is 5.91 Å². The summed E-state index contributed by atoms with van der Waals surface area (Å²) in [7, 11) is 1.33. The summed E-state index contributed by atoms with van der Waals surface area (Å²) in [5.41, 5.74) is 1.24. The van der Waals surface area contributed by atoms with E-state index in [1.165, 1.54) is 25.3 Å². The van der Waals surface area contributed by atoms with Gasteiger partial charge in [-0.15, -0.1) is 0 Å². The Morgan fingerprint density at radius 2 is 2.05 bits per heavy atom. The average Bonchev–Trinajstić information content (AvgIpc) is 3.53. The van der Waals surface area contributed by atoms with Gasteiger partial charge >= 0.3 is 5.97 Å². The van der Waals surface area contributed by atoms with Crippen LogP contribution in [0, 0.1) is 5.92 Å². The van der Waals surface area contributed by atoms with E-state index < -0.39 is 23.3 Å². The van der Waals surface area contributed by atoms with Crippen LogP contribution >= 0.6 is 23.2 Å². The number of allylic oxidation sites excluding steroid dienone is 4. The lowest BCUT2D eigenvalue weighted by Crippen LogP contribution is -2.54. The standard InChI is InChI=1S/C29H29Cl2FN4O3.C2H6/c1-18(30)6-4-9-24(32)23-16-22(35-29(23,2)28(38)34-21-8-5-7-20(31)15-21)12-13-36-17-33-25-14-19(27(37)39-3)10-11-26(25)36;1-2/h4-11,14-15,17,22-23,35H,1,12-13,16H2,2-3H3,(H,34,38);1-2H3/b6-4-,24-9-;/t22-,23?,29+;/m0./s1. The lowest BCUT2D eigenvalue weighted by atomic mass is 9.84. The Bertz CT molecular complexity index is 1470. The molecule has 2 heterocycles. The molecule has 3 atom stereocenters. The van der Waals surface area contributed by atoms with Crippen molar-refractivity contribution in [1.82, 2.24) is 14.9 Å². The zero-order chi connectivity index (χ0) is 30.2. The van der Waals surface area contributed by atoms with E-state index >= 15 is 4.39 Å². The summed E-state index contributed by atoms with van der Waals surface area (Å²) in [5, 5.41) is 7.01. The topological polar surface area (TPSA) is 85.2 Å². The van der Waals surface area contributed by atoms with E-state index in [0.717, 1.165) is 5.52 Å². The molecule has 10 heteroatoms. The zero-order valence-electron chi connectivity index (χ0n) is 23.6. The molecular weight excluding hydrogens is 566 g/mol. The number of carbonyl (C=O) groups is 2. The number of carbonyl (C=O) groups excluding carboxylic acids is 2. The first-order valence-electron chi connectivity index (χ1n) is 13.4. The first kappa shape index (κ1) is 32.1. The Morgan fingerprint density at radius 1 is 1.29 bits per heavy atom. The SMILES string of the molecule is C=C(Cl)/C=C\C=C(/F)C1C[C@H](CCn2cnc3cc(C(=O)OC)ccc32)N[C@@]1(C)C(=O)Nc1cccc(Cl)c1.CC. The molecule has 0 bridgehead atoms. The predicted octanol–water partition coefficient (Wildman–Crippen LogP) is 7.43. The molecule has 41 heavy (non-hydrogen) atoms. The minimum absolute atomic E-state index is 0.164. The molecule has 1 aliphatic rings. The smallest absolute Gasteiger partial charge is 0.337 e. The van der Waals surface area contributed by atoms with Crippen molar-refractivity contribution in [3.05, 3.63) is 95.0 Å². The van der Waals surface area contributed by atoms with Gasteiger partial charge in [-0.25, -0.2) is 14.2 Å². The minimum atomic E-state index is -1.23. The first-order chi connectivity index (χ1) is 19.6. The summed E-state index contributed by atoms with van der Waals surface area (Å²) in [6, 6.07) is 11.8. The second kappa shape index (κ2) is 14.4. The summed E-state index contributed by atoms with van der Waals surface area (Å²) in [4.78, 5) is 29.7. The predicted molar refractivity (Wildman–Crippen MR) is 164 cm³/mol. The normalized spacial score (nSPS) is 20.5. The van der Waals surface area contributed by atoms with Crippen LogP contribution in [-0.2, 0) is 16.1 Å². The van der Waals surface area contributed by atoms with Gasteiger partial charge in [-0.05, 0) is 68.3 Å². The van der Waals surface area contributed by atoms with Crippen molar-refractivity contribution in [2.24, 2.45) is 5.92 Å². The molecule has 0 spiro atoms. The third kappa shape index (κ3) is 7.85. The maximum Gasteiger partial charge on any atom is 0.337 e. The fourth-order valence-corrected chi connectivity index (χ4v) is 5.14. The second-order valence-corrected chi connectivity index (χ2v) is 10.5. The van der Waals surface area contributed by atoms with Gasteiger partial charge < -0.3 is 19.9 Å². The number of aromatic nitrogens is 2. The molecule has 4 rings (SSSR count). The number of rotatable bonds is 9. The van der Waals surface area contributed by atoms with Crippen molar-refractivity contribution < 1.29 is 18.7 Å². The van der Waals surface area contributed by atoms with E-state index in [1.807, 2.05) is 24.5 Å². The molecule has 1 aromatic heterocycles. The highest BCUT2D eigenvalue weighted by atomic mass is 35.5. The molecular formula is C31H35Cl2FN4O3. The lowest BCUT2D eigenvalue weighted by molar-refractivity contribution is -0.122. The van der Waals surface area contributed by atoms with Crippen LogP contribution in [0.2, 0.25) is 5.02 Å². The number of fused-ring (bicyclic) bond motifs is 1. The number of hydrogen-bond donors (Lipinski definition) is 2. The first-order valence-corrected chi connectivity index (χ1v) is 14.1. The van der Waals surface area contributed by atoms with Gasteiger partial charge in [0.25, 0.3) is 0 Å². The van der Waals surface area contributed by atoms with Crippen LogP contribution < -0.4 is 10.6 Å². The van der Waals surface area contributed by atoms with Gasteiger partial charge in [-0.3, -0.25) is 4.79 Å². The van der Waals surface area contributed by atoms with Crippen molar-refractivity contribution in [3.63, 3.8) is 0 Å². The number of nitrogens with zero attached hydrogens (tertiary/aromatic N) is 2. The van der Waals surface area contributed by atoms with Crippen LogP contribution in [0.25, 0.3) is 11.0 Å². The third-order valence-electron chi connectivity index (χ3n) is 6.90. The van der Waals surface area contributed by atoms with Crippen molar-refractivity contribution in [2.75, 3.05) is 12.4 Å². The van der Waals surface area contributed by atoms with E-state index in [2.05, 4.69) is 22.2 Å². The number of anilines is 1. The fraction of sp³-hybridized carbons (Fsp3) is 0.323. The number of ether oxygens (including phenoxy) is 1. The van der Waals surface area contributed by atoms with Crippen molar-refractivity contribution in [3.8, 4) is 0 Å². The van der Waals surface area contributed by atoms with Crippen LogP contribution in [0.1, 0.15) is 44.0 Å². The molecule has 0 saturated carbocycles. The Labute approximate surface area is 250 Å². The largest absolute Gasteiger partial charge is 0.465 e. The Balaban J connectivity index is 0.00000226. The molecule has 2 N–H and O–H groups in total. The van der Waals surface area contributed by atoms with Gasteiger partial charge in [0.05, 0.1) is 30.0 Å². The molecule has 2 aromatic carbocycles. The third-order valence-corrected chi connectivity index (χ3v) is 7.26. The number of esters is 1. The highest BCUT2D eigenvalue weighted by Crippen LogP contribution is 2.38. The molecule has 1 amide bonds. The fourth-order valence-electron chi connectivity index (χ4n) is 4.88. The number of benzene rings is 2.